The zero-order chi connectivity index (χ0) is 22.4. The monoisotopic (exact) mass is 445 g/mol. The number of nitrogens with one attached hydrogen (secondary N) is 1. The van der Waals surface area contributed by atoms with Crippen molar-refractivity contribution in [2.75, 3.05) is 11.1 Å². The van der Waals surface area contributed by atoms with E-state index < -0.39 is 24.5 Å². The fourth-order valence-electron chi connectivity index (χ4n) is 4.24. The van der Waals surface area contributed by atoms with Gasteiger partial charge in [-0.15, -0.1) is 10.2 Å². The number of tetrazole rings is 1. The number of anilines is 2. The molecular formula is C18H27N11O3. The summed E-state index contributed by atoms with van der Waals surface area (Å²) >= 11 is 0. The Kier molecular flexibility index (Phi) is 5.36. The molecule has 4 atom stereocenters. The highest BCUT2D eigenvalue weighted by atomic mass is 16.6. The maximum Gasteiger partial charge on any atom is 0.226 e. The average molecular weight is 445 g/mol. The number of aliphatic hydroxyl groups is 2. The van der Waals surface area contributed by atoms with Crippen molar-refractivity contribution in [2.45, 2.75) is 75.8 Å². The van der Waals surface area contributed by atoms with Gasteiger partial charge in [0.15, 0.2) is 23.8 Å². The average Bonchev–Trinajstić information content (AvgIpc) is 3.49. The Morgan fingerprint density at radius 1 is 1.19 bits per heavy atom. The molecule has 1 aliphatic carbocycles. The lowest BCUT2D eigenvalue weighted by Gasteiger charge is -2.26. The molecule has 3 aromatic rings. The van der Waals surface area contributed by atoms with E-state index >= 15 is 0 Å². The molecule has 32 heavy (non-hydrogen) atoms. The molecule has 0 amide bonds. The van der Waals surface area contributed by atoms with E-state index in [1.165, 1.54) is 15.7 Å². The molecule has 4 heterocycles. The molecule has 3 aromatic heterocycles. The second kappa shape index (κ2) is 8.20. The van der Waals surface area contributed by atoms with Crippen molar-refractivity contribution in [1.29, 1.82) is 0 Å². The summed E-state index contributed by atoms with van der Waals surface area (Å²) in [6.45, 7) is 2.39. The first-order chi connectivity index (χ1) is 15.4. The first-order valence-corrected chi connectivity index (χ1v) is 10.8. The van der Waals surface area contributed by atoms with Crippen LogP contribution in [0.3, 0.4) is 0 Å². The van der Waals surface area contributed by atoms with Crippen LogP contribution in [0.1, 0.15) is 50.8 Å². The van der Waals surface area contributed by atoms with Gasteiger partial charge in [-0.3, -0.25) is 4.57 Å². The van der Waals surface area contributed by atoms with Gasteiger partial charge in [0.25, 0.3) is 0 Å². The van der Waals surface area contributed by atoms with E-state index in [4.69, 9.17) is 16.2 Å². The van der Waals surface area contributed by atoms with Crippen LogP contribution in [0.5, 0.6) is 0 Å². The van der Waals surface area contributed by atoms with E-state index in [1.54, 1.807) is 0 Å². The second-order valence-corrected chi connectivity index (χ2v) is 8.28. The van der Waals surface area contributed by atoms with Crippen LogP contribution in [-0.2, 0) is 11.3 Å². The highest BCUT2D eigenvalue weighted by Gasteiger charge is 2.47. The molecule has 2 aliphatic rings. The van der Waals surface area contributed by atoms with Crippen LogP contribution in [0.15, 0.2) is 6.33 Å². The summed E-state index contributed by atoms with van der Waals surface area (Å²) in [5, 5.41) is 36.6. The lowest BCUT2D eigenvalue weighted by atomic mass is 9.92. The Balaban J connectivity index is 1.42. The Morgan fingerprint density at radius 2 is 1.97 bits per heavy atom. The number of hydrogen-bond donors (Lipinski definition) is 5. The number of aliphatic hydroxyl groups excluding tert-OH is 2. The zero-order valence-electron chi connectivity index (χ0n) is 17.6. The first-order valence-electron chi connectivity index (χ1n) is 10.8. The van der Waals surface area contributed by atoms with Gasteiger partial charge in [0, 0.05) is 12.1 Å². The molecule has 0 spiro atoms. The third-order valence-electron chi connectivity index (χ3n) is 6.07. The van der Waals surface area contributed by atoms with E-state index in [9.17, 15) is 10.2 Å². The molecule has 5 rings (SSSR count). The molecule has 172 valence electrons. The van der Waals surface area contributed by atoms with E-state index in [-0.39, 0.29) is 23.7 Å². The number of fused-ring (bicyclic) bond motifs is 1. The normalized spacial score (nSPS) is 30.8. The van der Waals surface area contributed by atoms with Crippen molar-refractivity contribution >= 4 is 22.9 Å². The number of aryl methyl sites for hydroxylation is 1. The number of imidazole rings is 1. The standard InChI is InChI=1S/C18H27N11O3/c1-2-29-26-15(25-27-29)13-11(30)12(31)17(32-13)28-7-21-10-14(20)23-18(24-16(10)28)22-9-5-3-8(19)4-6-9/h7-9,11-13,17,30-31H,2-6,19H2,1H3,(H3,20,22,23,24)/t8?,9?,11-,12+,13-,17+/m0/s1. The van der Waals surface area contributed by atoms with Gasteiger partial charge in [-0.25, -0.2) is 4.98 Å². The van der Waals surface area contributed by atoms with Crippen LogP contribution < -0.4 is 16.8 Å². The molecule has 2 fully saturated rings. The molecule has 1 aliphatic heterocycles. The Morgan fingerprint density at radius 3 is 2.69 bits per heavy atom. The summed E-state index contributed by atoms with van der Waals surface area (Å²) in [4.78, 5) is 14.6. The van der Waals surface area contributed by atoms with E-state index in [0.717, 1.165) is 25.7 Å². The van der Waals surface area contributed by atoms with E-state index in [2.05, 4.69) is 35.7 Å². The predicted octanol–water partition coefficient (Wildman–Crippen LogP) is -0.911. The summed E-state index contributed by atoms with van der Waals surface area (Å²) in [7, 11) is 0. The highest BCUT2D eigenvalue weighted by molar-refractivity contribution is 5.83. The third kappa shape index (κ3) is 3.64. The number of aromatic nitrogens is 8. The minimum Gasteiger partial charge on any atom is -0.387 e. The molecule has 0 unspecified atom stereocenters. The Labute approximate surface area is 183 Å². The van der Waals surface area contributed by atoms with Crippen LogP contribution in [0.2, 0.25) is 0 Å². The molecule has 1 saturated carbocycles. The summed E-state index contributed by atoms with van der Waals surface area (Å²) in [5.74, 6) is 0.771. The van der Waals surface area contributed by atoms with E-state index in [1.807, 2.05) is 6.92 Å². The van der Waals surface area contributed by atoms with Gasteiger partial charge in [0.1, 0.15) is 17.7 Å². The van der Waals surface area contributed by atoms with Gasteiger partial charge in [-0.2, -0.15) is 14.8 Å². The quantitative estimate of drug-likeness (QED) is 0.324. The molecule has 7 N–H and O–H groups in total. The maximum absolute atomic E-state index is 10.7. The lowest BCUT2D eigenvalue weighted by molar-refractivity contribution is -0.0384. The predicted molar refractivity (Wildman–Crippen MR) is 112 cm³/mol. The molecular weight excluding hydrogens is 418 g/mol. The molecule has 14 nitrogen and oxygen atoms in total. The van der Waals surface area contributed by atoms with Crippen molar-refractivity contribution in [1.82, 2.24) is 39.7 Å². The fraction of sp³-hybridized carbons (Fsp3) is 0.667. The summed E-state index contributed by atoms with van der Waals surface area (Å²) in [6.07, 6.45) is 0.736. The van der Waals surface area contributed by atoms with E-state index in [0.29, 0.717) is 23.7 Å². The third-order valence-corrected chi connectivity index (χ3v) is 6.07. The molecule has 14 heteroatoms. The van der Waals surface area contributed by atoms with Gasteiger partial charge >= 0.3 is 0 Å². The van der Waals surface area contributed by atoms with Crippen LogP contribution in [0, 0.1) is 0 Å². The number of nitrogen functional groups attached to an aromatic ring is 1. The Bertz CT molecular complexity index is 1090. The van der Waals surface area contributed by atoms with Gasteiger partial charge < -0.3 is 31.7 Å². The molecule has 0 bridgehead atoms. The number of rotatable bonds is 5. The lowest BCUT2D eigenvalue weighted by Crippen LogP contribution is -2.33. The number of nitrogens with zero attached hydrogens (tertiary/aromatic N) is 8. The van der Waals surface area contributed by atoms with Crippen molar-refractivity contribution in [3.05, 3.63) is 12.2 Å². The molecule has 0 aromatic carbocycles. The van der Waals surface area contributed by atoms with Crippen molar-refractivity contribution in [2.24, 2.45) is 5.73 Å². The SMILES string of the molecule is CCn1nnc([C@H]2O[C@@H](n3cnc4c(N)nc(NC5CCC(N)CC5)nc43)[C@H](O)[C@@H]2O)n1. The summed E-state index contributed by atoms with van der Waals surface area (Å²) in [6, 6.07) is 0.437. The maximum atomic E-state index is 10.7. The minimum atomic E-state index is -1.27. The van der Waals surface area contributed by atoms with Crippen molar-refractivity contribution in [3.63, 3.8) is 0 Å². The second-order valence-electron chi connectivity index (χ2n) is 8.28. The van der Waals surface area contributed by atoms with Gasteiger partial charge in [0.05, 0.1) is 12.9 Å². The van der Waals surface area contributed by atoms with Gasteiger partial charge in [0.2, 0.25) is 11.8 Å². The topological polar surface area (TPSA) is 201 Å². The number of ether oxygens (including phenoxy) is 1. The van der Waals surface area contributed by atoms with Crippen LogP contribution in [0.25, 0.3) is 11.2 Å². The van der Waals surface area contributed by atoms with Gasteiger partial charge in [-0.1, -0.05) is 0 Å². The van der Waals surface area contributed by atoms with Crippen LogP contribution in [-0.4, -0.2) is 74.2 Å². The molecule has 0 radical (unpaired) electrons. The van der Waals surface area contributed by atoms with Crippen molar-refractivity contribution < 1.29 is 14.9 Å². The number of hydrogen-bond acceptors (Lipinski definition) is 12. The highest BCUT2D eigenvalue weighted by Crippen LogP contribution is 2.38. The van der Waals surface area contributed by atoms with Gasteiger partial charge in [-0.05, 0) is 37.8 Å². The largest absolute Gasteiger partial charge is 0.387 e. The zero-order valence-corrected chi connectivity index (χ0v) is 17.6. The summed E-state index contributed by atoms with van der Waals surface area (Å²) in [5.41, 5.74) is 12.9. The smallest absolute Gasteiger partial charge is 0.226 e. The molecule has 1 saturated heterocycles. The van der Waals surface area contributed by atoms with Crippen molar-refractivity contribution in [3.8, 4) is 0 Å². The Hall–Kier alpha value is -2.94. The summed E-state index contributed by atoms with van der Waals surface area (Å²) < 4.78 is 7.47. The van der Waals surface area contributed by atoms with Crippen LogP contribution in [0.4, 0.5) is 11.8 Å². The first kappa shape index (κ1) is 20.9. The fourth-order valence-corrected chi connectivity index (χ4v) is 4.24. The minimum absolute atomic E-state index is 0.192. The van der Waals surface area contributed by atoms with Crippen LogP contribution >= 0.6 is 0 Å². The number of nitrogens with two attached hydrogens (primary N) is 2.